The van der Waals surface area contributed by atoms with E-state index in [-0.39, 0.29) is 5.91 Å². The molecule has 2 aromatic rings. The van der Waals surface area contributed by atoms with Crippen molar-refractivity contribution in [2.45, 2.75) is 6.92 Å². The first-order chi connectivity index (χ1) is 11.1. The van der Waals surface area contributed by atoms with E-state index in [0.717, 1.165) is 12.4 Å². The molecule has 0 atom stereocenters. The maximum Gasteiger partial charge on any atom is 0.260 e. The Morgan fingerprint density at radius 2 is 2.13 bits per heavy atom. The topological polar surface area (TPSA) is 70.2 Å². The fourth-order valence-electron chi connectivity index (χ4n) is 2.75. The van der Waals surface area contributed by atoms with Gasteiger partial charge in [0.25, 0.3) is 5.91 Å². The van der Waals surface area contributed by atoms with Crippen LogP contribution in [-0.2, 0) is 0 Å². The van der Waals surface area contributed by atoms with Gasteiger partial charge in [-0.15, -0.1) is 0 Å². The number of aryl methyl sites for hydroxylation is 1. The number of rotatable bonds is 2. The summed E-state index contributed by atoms with van der Waals surface area (Å²) < 4.78 is 5.64. The molecule has 23 heavy (non-hydrogen) atoms. The van der Waals surface area contributed by atoms with Gasteiger partial charge >= 0.3 is 0 Å². The number of anilines is 1. The van der Waals surface area contributed by atoms with Gasteiger partial charge in [-0.05, 0) is 31.2 Å². The zero-order chi connectivity index (χ0) is 16.0. The first-order valence-corrected chi connectivity index (χ1v) is 7.57. The second-order valence-electron chi connectivity index (χ2n) is 5.32. The van der Waals surface area contributed by atoms with Crippen molar-refractivity contribution in [2.75, 3.05) is 18.4 Å². The molecule has 0 fully saturated rings. The third-order valence-corrected chi connectivity index (χ3v) is 4.06. The van der Waals surface area contributed by atoms with Gasteiger partial charge in [-0.2, -0.15) is 0 Å². The van der Waals surface area contributed by atoms with Crippen LogP contribution in [0.1, 0.15) is 21.7 Å². The van der Waals surface area contributed by atoms with Crippen molar-refractivity contribution >= 4 is 41.3 Å². The number of amidine groups is 1. The summed E-state index contributed by atoms with van der Waals surface area (Å²) in [5.41, 5.74) is 1.80. The summed E-state index contributed by atoms with van der Waals surface area (Å²) in [7, 11) is 0. The first kappa shape index (κ1) is 14.0. The molecule has 4 rings (SSSR count). The average molecular weight is 329 g/mol. The number of aliphatic imine (C=N–C) groups is 2. The lowest BCUT2D eigenvalue weighted by atomic mass is 10.1. The van der Waals surface area contributed by atoms with Crippen molar-refractivity contribution in [1.82, 2.24) is 4.90 Å². The molecule has 2 aliphatic heterocycles. The standard InChI is InChI=1S/C16H13ClN4O2/c1-9-12(15(22)20-11-4-2-10(17)3-5-11)13-14-18-6-7-21(14)8-19-16(13)23-9/h2-5,8H,6-7H2,1H3,(H,20,22). The molecule has 0 aliphatic carbocycles. The molecule has 7 heteroatoms. The maximum absolute atomic E-state index is 12.7. The van der Waals surface area contributed by atoms with E-state index < -0.39 is 0 Å². The largest absolute Gasteiger partial charge is 0.442 e. The van der Waals surface area contributed by atoms with E-state index in [1.165, 1.54) is 0 Å². The number of furan rings is 1. The van der Waals surface area contributed by atoms with E-state index in [1.807, 2.05) is 4.90 Å². The summed E-state index contributed by atoms with van der Waals surface area (Å²) in [4.78, 5) is 23.4. The first-order valence-electron chi connectivity index (χ1n) is 7.19. The second kappa shape index (κ2) is 5.24. The van der Waals surface area contributed by atoms with E-state index in [9.17, 15) is 4.79 Å². The van der Waals surface area contributed by atoms with E-state index in [0.29, 0.717) is 40.0 Å². The third kappa shape index (κ3) is 2.31. The number of hydrogen-bond donors (Lipinski definition) is 1. The van der Waals surface area contributed by atoms with Gasteiger partial charge in [-0.25, -0.2) is 4.99 Å². The SMILES string of the molecule is Cc1oc2c(c1C(=O)Nc1ccc(Cl)cc1)C1=NCCN1C=N2. The van der Waals surface area contributed by atoms with Crippen LogP contribution in [0.15, 0.2) is 38.7 Å². The van der Waals surface area contributed by atoms with Crippen molar-refractivity contribution in [3.8, 4) is 0 Å². The molecule has 6 nitrogen and oxygen atoms in total. The fraction of sp³-hybridized carbons (Fsp3) is 0.188. The van der Waals surface area contributed by atoms with Crippen LogP contribution in [-0.4, -0.2) is 36.1 Å². The zero-order valence-electron chi connectivity index (χ0n) is 12.3. The van der Waals surface area contributed by atoms with Gasteiger partial charge in [0.1, 0.15) is 17.9 Å². The van der Waals surface area contributed by atoms with Gasteiger partial charge in [0.2, 0.25) is 5.88 Å². The molecule has 3 heterocycles. The quantitative estimate of drug-likeness (QED) is 0.920. The highest BCUT2D eigenvalue weighted by atomic mass is 35.5. The Hall–Kier alpha value is -2.60. The molecule has 1 aromatic heterocycles. The van der Waals surface area contributed by atoms with Crippen LogP contribution in [0.25, 0.3) is 0 Å². The molecule has 0 bridgehead atoms. The van der Waals surface area contributed by atoms with Gasteiger partial charge in [0.15, 0.2) is 0 Å². The Balaban J connectivity index is 1.72. The third-order valence-electron chi connectivity index (χ3n) is 3.81. The monoisotopic (exact) mass is 328 g/mol. The van der Waals surface area contributed by atoms with Crippen molar-refractivity contribution < 1.29 is 9.21 Å². The number of carbonyl (C=O) groups excluding carboxylic acids is 1. The lowest BCUT2D eigenvalue weighted by molar-refractivity contribution is 0.102. The average Bonchev–Trinajstić information content (AvgIpc) is 3.12. The van der Waals surface area contributed by atoms with Crippen molar-refractivity contribution in [3.05, 3.63) is 46.2 Å². The molecular formula is C16H13ClN4O2. The van der Waals surface area contributed by atoms with Gasteiger partial charge in [-0.3, -0.25) is 9.79 Å². The summed E-state index contributed by atoms with van der Waals surface area (Å²) in [5.74, 6) is 1.45. The predicted molar refractivity (Wildman–Crippen MR) is 89.1 cm³/mol. The number of hydrogen-bond acceptors (Lipinski definition) is 5. The van der Waals surface area contributed by atoms with Crippen LogP contribution in [0.4, 0.5) is 11.6 Å². The van der Waals surface area contributed by atoms with Gasteiger partial charge in [0.05, 0.1) is 17.7 Å². The Kier molecular flexibility index (Phi) is 3.20. The van der Waals surface area contributed by atoms with Crippen LogP contribution < -0.4 is 5.32 Å². The second-order valence-corrected chi connectivity index (χ2v) is 5.75. The van der Waals surface area contributed by atoms with Crippen molar-refractivity contribution in [2.24, 2.45) is 9.98 Å². The Bertz CT molecular complexity index is 852. The van der Waals surface area contributed by atoms with Crippen LogP contribution in [0.3, 0.4) is 0 Å². The number of benzene rings is 1. The maximum atomic E-state index is 12.7. The molecule has 0 radical (unpaired) electrons. The minimum atomic E-state index is -0.249. The predicted octanol–water partition coefficient (Wildman–Crippen LogP) is 3.23. The molecule has 1 aromatic carbocycles. The Morgan fingerprint density at radius 3 is 2.91 bits per heavy atom. The lowest BCUT2D eigenvalue weighted by Gasteiger charge is -2.18. The van der Waals surface area contributed by atoms with E-state index in [4.69, 9.17) is 16.0 Å². The molecule has 116 valence electrons. The molecule has 0 saturated carbocycles. The van der Waals surface area contributed by atoms with E-state index >= 15 is 0 Å². The van der Waals surface area contributed by atoms with Crippen LogP contribution >= 0.6 is 11.6 Å². The van der Waals surface area contributed by atoms with Gasteiger partial charge in [0, 0.05) is 17.3 Å². The van der Waals surface area contributed by atoms with E-state index in [2.05, 4.69) is 15.3 Å². The number of fused-ring (bicyclic) bond motifs is 3. The van der Waals surface area contributed by atoms with Crippen LogP contribution in [0.5, 0.6) is 0 Å². The Labute approximate surface area is 137 Å². The minimum absolute atomic E-state index is 0.249. The number of carbonyl (C=O) groups is 1. The van der Waals surface area contributed by atoms with Gasteiger partial charge < -0.3 is 14.6 Å². The van der Waals surface area contributed by atoms with Crippen LogP contribution in [0.2, 0.25) is 5.02 Å². The lowest BCUT2D eigenvalue weighted by Crippen LogP contribution is -2.30. The number of halogens is 1. The number of nitrogens with one attached hydrogen (secondary N) is 1. The summed E-state index contributed by atoms with van der Waals surface area (Å²) in [6, 6.07) is 6.95. The zero-order valence-corrected chi connectivity index (χ0v) is 13.1. The molecule has 0 saturated heterocycles. The molecule has 2 aliphatic rings. The van der Waals surface area contributed by atoms with Crippen molar-refractivity contribution in [3.63, 3.8) is 0 Å². The Morgan fingerprint density at radius 1 is 1.35 bits per heavy atom. The fourth-order valence-corrected chi connectivity index (χ4v) is 2.87. The number of nitrogens with zero attached hydrogens (tertiary/aromatic N) is 3. The molecule has 1 N–H and O–H groups in total. The highest BCUT2D eigenvalue weighted by Gasteiger charge is 2.33. The van der Waals surface area contributed by atoms with Gasteiger partial charge in [-0.1, -0.05) is 11.6 Å². The van der Waals surface area contributed by atoms with Crippen molar-refractivity contribution in [1.29, 1.82) is 0 Å². The summed E-state index contributed by atoms with van der Waals surface area (Å²) in [6.07, 6.45) is 1.69. The molecule has 0 unspecified atom stereocenters. The number of amides is 1. The summed E-state index contributed by atoms with van der Waals surface area (Å²) in [6.45, 7) is 3.20. The summed E-state index contributed by atoms with van der Waals surface area (Å²) >= 11 is 5.86. The normalized spacial score (nSPS) is 15.2. The highest BCUT2D eigenvalue weighted by Crippen LogP contribution is 2.34. The molecule has 1 amide bonds. The smallest absolute Gasteiger partial charge is 0.260 e. The molecular weight excluding hydrogens is 316 g/mol. The highest BCUT2D eigenvalue weighted by molar-refractivity contribution is 6.30. The van der Waals surface area contributed by atoms with Crippen LogP contribution in [0, 0.1) is 6.92 Å². The minimum Gasteiger partial charge on any atom is -0.442 e. The summed E-state index contributed by atoms with van der Waals surface area (Å²) in [5, 5.41) is 3.48. The molecule has 0 spiro atoms. The van der Waals surface area contributed by atoms with E-state index in [1.54, 1.807) is 37.5 Å².